The normalized spacial score (nSPS) is 29.4. The predicted molar refractivity (Wildman–Crippen MR) is 269 cm³/mol. The Balaban J connectivity index is 0.00000624. The van der Waals surface area contributed by atoms with Crippen molar-refractivity contribution >= 4 is 24.0 Å². The van der Waals surface area contributed by atoms with E-state index in [-0.39, 0.29) is 79.7 Å². The molecule has 4 N–H and O–H groups in total. The number of H-pyrrole nitrogens is 2. The van der Waals surface area contributed by atoms with Crippen molar-refractivity contribution in [3.63, 3.8) is 0 Å². The van der Waals surface area contributed by atoms with Gasteiger partial charge >= 0.3 is 12.2 Å². The maximum Gasteiger partial charge on any atom is 0.407 e. The summed E-state index contributed by atoms with van der Waals surface area (Å²) in [5, 5.41) is 5.87. The van der Waals surface area contributed by atoms with E-state index in [1.165, 1.54) is 14.2 Å². The maximum absolute atomic E-state index is 14.6. The van der Waals surface area contributed by atoms with E-state index >= 15 is 0 Å². The highest BCUT2D eigenvalue weighted by atomic mass is 16.5. The first-order chi connectivity index (χ1) is 33.8. The van der Waals surface area contributed by atoms with E-state index in [0.29, 0.717) is 24.7 Å². The van der Waals surface area contributed by atoms with Crippen LogP contribution < -0.4 is 10.6 Å². The maximum atomic E-state index is 14.6. The molecule has 16 heteroatoms. The smallest absolute Gasteiger partial charge is 0.407 e. The summed E-state index contributed by atoms with van der Waals surface area (Å²) in [6.07, 6.45) is 13.3. The second-order valence-corrected chi connectivity index (χ2v) is 21.2. The molecule has 2 aromatic carbocycles. The molecule has 6 aliphatic rings. The Hall–Kier alpha value is -5.74. The molecule has 6 heterocycles. The average molecular weight is 975 g/mol. The molecule has 0 radical (unpaired) electrons. The monoisotopic (exact) mass is 975 g/mol. The molecular formula is C55H74N8O8. The SMILES string of the molecule is C.COC(=O)N[C@H](C(=O)N1[C@@H](C)CC[C@H]1c1ncc(-c2ccc(-c3ccc(-c4cnc([C@@H]5CC[C@H](C)N5C(=O)[C@@H](NC(=O)OC)[C@@H]5C[C@H](C)O[C@@H](C6CC6)C5)[nH]4)cc3)cc2)[nH]1)[C@@H]1C[C@H](C)O[C@@H](C2CC2)C1. The molecule has 4 aliphatic heterocycles. The van der Waals surface area contributed by atoms with Crippen LogP contribution in [-0.4, -0.2) is 117 Å². The van der Waals surface area contributed by atoms with E-state index in [9.17, 15) is 19.2 Å². The van der Waals surface area contributed by atoms with Crippen LogP contribution in [-0.2, 0) is 28.5 Å². The molecule has 16 nitrogen and oxygen atoms in total. The number of hydrogen-bond donors (Lipinski definition) is 4. The fourth-order valence-corrected chi connectivity index (χ4v) is 12.2. The highest BCUT2D eigenvalue weighted by Gasteiger charge is 2.49. The van der Waals surface area contributed by atoms with Gasteiger partial charge in [0, 0.05) is 12.1 Å². The van der Waals surface area contributed by atoms with Gasteiger partial charge in [0.1, 0.15) is 23.7 Å². The number of amides is 4. The predicted octanol–water partition coefficient (Wildman–Crippen LogP) is 9.51. The quantitative estimate of drug-likeness (QED) is 0.100. The lowest BCUT2D eigenvalue weighted by Gasteiger charge is -2.40. The van der Waals surface area contributed by atoms with E-state index in [2.05, 4.69) is 96.8 Å². The van der Waals surface area contributed by atoms with E-state index in [0.717, 1.165) is 109 Å². The molecule has 382 valence electrons. The largest absolute Gasteiger partial charge is 0.453 e. The van der Waals surface area contributed by atoms with Gasteiger partial charge in [0.2, 0.25) is 11.8 Å². The second-order valence-electron chi connectivity index (χ2n) is 21.2. The van der Waals surface area contributed by atoms with Crippen LogP contribution in [0, 0.1) is 23.7 Å². The third-order valence-electron chi connectivity index (χ3n) is 16.2. The summed E-state index contributed by atoms with van der Waals surface area (Å²) in [5.74, 6) is 2.21. The van der Waals surface area contributed by atoms with Crippen molar-refractivity contribution in [2.24, 2.45) is 23.7 Å². The number of alkyl carbamates (subject to hydrolysis) is 2. The van der Waals surface area contributed by atoms with Gasteiger partial charge in [0.05, 0.1) is 74.5 Å². The Kier molecular flexibility index (Phi) is 15.0. The van der Waals surface area contributed by atoms with Gasteiger partial charge in [-0.15, -0.1) is 0 Å². The zero-order chi connectivity index (χ0) is 48.8. The first kappa shape index (κ1) is 50.2. The molecule has 2 aromatic heterocycles. The molecule has 0 unspecified atom stereocenters. The van der Waals surface area contributed by atoms with Crippen molar-refractivity contribution in [1.29, 1.82) is 0 Å². The topological polar surface area (TPSA) is 193 Å². The molecule has 2 saturated carbocycles. The number of carbonyl (C=O) groups is 4. The summed E-state index contributed by atoms with van der Waals surface area (Å²) in [6.45, 7) is 8.27. The molecule has 71 heavy (non-hydrogen) atoms. The number of ether oxygens (including phenoxy) is 4. The van der Waals surface area contributed by atoms with Gasteiger partial charge in [-0.3, -0.25) is 9.59 Å². The van der Waals surface area contributed by atoms with Crippen molar-refractivity contribution in [3.05, 3.63) is 72.6 Å². The van der Waals surface area contributed by atoms with Crippen molar-refractivity contribution in [2.45, 2.75) is 173 Å². The molecular weight excluding hydrogens is 901 g/mol. The van der Waals surface area contributed by atoms with E-state index < -0.39 is 24.3 Å². The lowest BCUT2D eigenvalue weighted by molar-refractivity contribution is -0.142. The van der Waals surface area contributed by atoms with Gasteiger partial charge in [-0.25, -0.2) is 19.6 Å². The zero-order valence-electron chi connectivity index (χ0n) is 41.4. The second kappa shape index (κ2) is 21.2. The molecule has 12 atom stereocenters. The number of aromatic nitrogens is 4. The Morgan fingerprint density at radius 3 is 1.28 bits per heavy atom. The number of benzene rings is 2. The average Bonchev–Trinajstić information content (AvgIpc) is 4.21. The van der Waals surface area contributed by atoms with Crippen LogP contribution in [0.4, 0.5) is 9.59 Å². The molecule has 4 aromatic rings. The lowest BCUT2D eigenvalue weighted by Crippen LogP contribution is -2.55. The Morgan fingerprint density at radius 2 is 0.930 bits per heavy atom. The van der Waals surface area contributed by atoms with Crippen molar-refractivity contribution < 1.29 is 38.1 Å². The van der Waals surface area contributed by atoms with Crippen LogP contribution >= 0.6 is 0 Å². The molecule has 10 rings (SSSR count). The number of carbonyl (C=O) groups excluding carboxylic acids is 4. The van der Waals surface area contributed by atoms with Crippen LogP contribution in [0.1, 0.15) is 136 Å². The van der Waals surface area contributed by atoms with Crippen LogP contribution in [0.2, 0.25) is 0 Å². The van der Waals surface area contributed by atoms with Crippen LogP contribution in [0.5, 0.6) is 0 Å². The van der Waals surface area contributed by atoms with Crippen molar-refractivity contribution in [2.75, 3.05) is 14.2 Å². The van der Waals surface area contributed by atoms with Crippen molar-refractivity contribution in [3.8, 4) is 33.6 Å². The molecule has 4 amide bonds. The fraction of sp³-hybridized carbons (Fsp3) is 0.600. The molecule has 0 bridgehead atoms. The van der Waals surface area contributed by atoms with E-state index in [4.69, 9.17) is 28.9 Å². The highest BCUT2D eigenvalue weighted by Crippen LogP contribution is 2.45. The minimum absolute atomic E-state index is 0. The molecule has 0 spiro atoms. The summed E-state index contributed by atoms with van der Waals surface area (Å²) in [4.78, 5) is 75.2. The number of imidazole rings is 2. The number of nitrogens with one attached hydrogen (secondary N) is 4. The van der Waals surface area contributed by atoms with Crippen LogP contribution in [0.15, 0.2) is 60.9 Å². The number of rotatable bonds is 13. The van der Waals surface area contributed by atoms with Crippen LogP contribution in [0.3, 0.4) is 0 Å². The van der Waals surface area contributed by atoms with Gasteiger partial charge in [0.25, 0.3) is 0 Å². The minimum Gasteiger partial charge on any atom is -0.453 e. The Bertz CT molecular complexity index is 2330. The van der Waals surface area contributed by atoms with Gasteiger partial charge in [0.15, 0.2) is 0 Å². The number of likely N-dealkylation sites (tertiary alicyclic amines) is 2. The van der Waals surface area contributed by atoms with E-state index in [1.54, 1.807) is 0 Å². The summed E-state index contributed by atoms with van der Waals surface area (Å²) in [6, 6.07) is 14.7. The molecule has 4 saturated heterocycles. The Morgan fingerprint density at radius 1 is 0.563 bits per heavy atom. The summed E-state index contributed by atoms with van der Waals surface area (Å²) < 4.78 is 22.6. The van der Waals surface area contributed by atoms with Crippen molar-refractivity contribution in [1.82, 2.24) is 40.4 Å². The third kappa shape index (κ3) is 10.7. The minimum atomic E-state index is -0.719. The number of aromatic amines is 2. The number of hydrogen-bond acceptors (Lipinski definition) is 10. The molecule has 2 aliphatic carbocycles. The lowest BCUT2D eigenvalue weighted by atomic mass is 9.83. The number of methoxy groups -OCH3 is 2. The fourth-order valence-electron chi connectivity index (χ4n) is 12.2. The summed E-state index contributed by atoms with van der Waals surface area (Å²) in [5.41, 5.74) is 5.80. The highest BCUT2D eigenvalue weighted by molar-refractivity contribution is 5.88. The zero-order valence-corrected chi connectivity index (χ0v) is 41.4. The first-order valence-electron chi connectivity index (χ1n) is 25.8. The van der Waals surface area contributed by atoms with Gasteiger partial charge in [-0.05, 0) is 151 Å². The summed E-state index contributed by atoms with van der Waals surface area (Å²) in [7, 11) is 2.67. The standard InChI is InChI=1S/C54H70N8O8.CH4/c1-29-7-21-43(61(29)51(63)47(59-53(65)67-5)39-23-31(3)69-45(25-39)37-17-18-37)49-55-27-41(57-49)35-13-9-33(10-14-35)34-11-15-36(16-12-34)42-28-56-50(58-42)44-22-8-30(2)62(44)52(64)48(60-54(66)68-6)40-24-32(4)70-46(26-40)38-19-20-38;/h9-16,27-32,37-40,43-48H,7-8,17-26H2,1-6H3,(H,55,57)(H,56,58)(H,59,65)(H,60,66);1H4/t29-,30-,31-,32-,39+,40+,43-,44-,45+,46+,47-,48-;/m0./s1. The van der Waals surface area contributed by atoms with Gasteiger partial charge < -0.3 is 49.3 Å². The molecule has 6 fully saturated rings. The van der Waals surface area contributed by atoms with Crippen LogP contribution in [0.25, 0.3) is 33.6 Å². The summed E-state index contributed by atoms with van der Waals surface area (Å²) >= 11 is 0. The third-order valence-corrected chi connectivity index (χ3v) is 16.2. The van der Waals surface area contributed by atoms with E-state index in [1.807, 2.05) is 22.2 Å². The first-order valence-corrected chi connectivity index (χ1v) is 25.8. The van der Waals surface area contributed by atoms with Gasteiger partial charge in [-0.1, -0.05) is 56.0 Å². The Labute approximate surface area is 418 Å². The van der Waals surface area contributed by atoms with Gasteiger partial charge in [-0.2, -0.15) is 0 Å². The number of nitrogens with zero attached hydrogens (tertiary/aromatic N) is 4.